The Morgan fingerprint density at radius 2 is 1.85 bits per heavy atom. The van der Waals surface area contributed by atoms with E-state index in [-0.39, 0.29) is 10.5 Å². The van der Waals surface area contributed by atoms with Crippen LogP contribution in [-0.4, -0.2) is 25.4 Å². The molecule has 1 aromatic heterocycles. The van der Waals surface area contributed by atoms with Gasteiger partial charge >= 0.3 is 0 Å². The third-order valence-electron chi connectivity index (χ3n) is 5.34. The molecule has 1 heterocycles. The number of halogens is 1. The molecule has 1 amide bonds. The molecule has 0 aliphatic carbocycles. The van der Waals surface area contributed by atoms with Crippen molar-refractivity contribution in [2.45, 2.75) is 59.3 Å². The van der Waals surface area contributed by atoms with Crippen LogP contribution in [0.1, 0.15) is 45.0 Å². The molecule has 2 N–H and O–H groups in total. The number of amides is 1. The fourth-order valence-electron chi connectivity index (χ4n) is 2.69. The van der Waals surface area contributed by atoms with Gasteiger partial charge in [-0.1, -0.05) is 56.6 Å². The molecule has 6 heteroatoms. The predicted octanol–water partition coefficient (Wildman–Crippen LogP) is 5.55. The Bertz CT molecular complexity index is 819. The van der Waals surface area contributed by atoms with E-state index >= 15 is 0 Å². The summed E-state index contributed by atoms with van der Waals surface area (Å²) < 4.78 is 9.55. The van der Waals surface area contributed by atoms with Gasteiger partial charge in [0.05, 0.1) is 5.56 Å². The number of nitrogens with two attached hydrogens (primary N) is 1. The van der Waals surface area contributed by atoms with Crippen LogP contribution in [0.2, 0.25) is 18.1 Å². The van der Waals surface area contributed by atoms with Crippen molar-refractivity contribution in [3.05, 3.63) is 34.4 Å². The molecule has 0 unspecified atom stereocenters. The molecule has 0 aliphatic rings. The number of fused-ring (bicyclic) bond motifs is 1. The first kappa shape index (κ1) is 21.2. The van der Waals surface area contributed by atoms with Crippen molar-refractivity contribution in [1.29, 1.82) is 0 Å². The largest absolute Gasteiger partial charge is 0.416 e. The number of hydrogen-bond acceptors (Lipinski definition) is 2. The molecule has 4 nitrogen and oxygen atoms in total. The van der Waals surface area contributed by atoms with E-state index in [0.717, 1.165) is 21.9 Å². The number of hydrogen-bond donors (Lipinski definition) is 1. The summed E-state index contributed by atoms with van der Waals surface area (Å²) in [5.41, 5.74) is 7.08. The number of benzene rings is 1. The number of aromatic nitrogens is 1. The molecule has 2 aromatic rings. The maximum Gasteiger partial charge on any atom is 0.250 e. The maximum absolute atomic E-state index is 11.8. The summed E-state index contributed by atoms with van der Waals surface area (Å²) in [5.74, 6) is -0.397. The zero-order valence-corrected chi connectivity index (χ0v) is 19.5. The lowest BCUT2D eigenvalue weighted by Gasteiger charge is -2.39. The highest BCUT2D eigenvalue weighted by molar-refractivity contribution is 9.10. The summed E-state index contributed by atoms with van der Waals surface area (Å²) in [5, 5.41) is 1.08. The molecule has 26 heavy (non-hydrogen) atoms. The van der Waals surface area contributed by atoms with E-state index in [1.165, 1.54) is 0 Å². The normalized spacial score (nSPS) is 13.4. The highest BCUT2D eigenvalue weighted by Crippen LogP contribution is 2.38. The molecule has 0 saturated carbocycles. The van der Waals surface area contributed by atoms with E-state index < -0.39 is 14.2 Å². The summed E-state index contributed by atoms with van der Waals surface area (Å²) in [6.45, 7) is 17.1. The summed E-state index contributed by atoms with van der Waals surface area (Å²) in [6, 6.07) is 5.91. The van der Waals surface area contributed by atoms with Gasteiger partial charge in [0.15, 0.2) is 8.32 Å². The standard InChI is InChI=1S/C20H31BrN2O2Si/c1-19(2,3)26(6,7)25-13-20(4,5)12-23-11-16(18(22)24)15-9-8-14(21)10-17(15)23/h8-11H,12-13H2,1-7H3,(H2,22,24). The predicted molar refractivity (Wildman–Crippen MR) is 115 cm³/mol. The van der Waals surface area contributed by atoms with E-state index in [0.29, 0.717) is 12.2 Å². The minimum Gasteiger partial charge on any atom is -0.416 e. The number of carbonyl (C=O) groups excluding carboxylic acids is 1. The van der Waals surface area contributed by atoms with Crippen molar-refractivity contribution < 1.29 is 9.22 Å². The molecule has 0 saturated heterocycles. The smallest absolute Gasteiger partial charge is 0.250 e. The van der Waals surface area contributed by atoms with E-state index in [9.17, 15) is 4.79 Å². The minimum atomic E-state index is -1.80. The Morgan fingerprint density at radius 1 is 1.23 bits per heavy atom. The minimum absolute atomic E-state index is 0.0707. The Labute approximate surface area is 166 Å². The van der Waals surface area contributed by atoms with Gasteiger partial charge in [0.2, 0.25) is 0 Å². The van der Waals surface area contributed by atoms with Gasteiger partial charge in [0.1, 0.15) is 0 Å². The second-order valence-electron chi connectivity index (χ2n) is 9.41. The van der Waals surface area contributed by atoms with Crippen molar-refractivity contribution in [3.8, 4) is 0 Å². The van der Waals surface area contributed by atoms with Crippen molar-refractivity contribution >= 4 is 41.1 Å². The lowest BCUT2D eigenvalue weighted by Crippen LogP contribution is -2.43. The van der Waals surface area contributed by atoms with Crippen molar-refractivity contribution in [2.75, 3.05) is 6.61 Å². The van der Waals surface area contributed by atoms with Gasteiger partial charge in [0, 0.05) is 40.1 Å². The highest BCUT2D eigenvalue weighted by atomic mass is 79.9. The molecule has 0 spiro atoms. The fraction of sp³-hybridized carbons (Fsp3) is 0.550. The van der Waals surface area contributed by atoms with Gasteiger partial charge < -0.3 is 14.7 Å². The average Bonchev–Trinajstić information content (AvgIpc) is 2.82. The zero-order chi connectivity index (χ0) is 19.9. The van der Waals surface area contributed by atoms with Crippen molar-refractivity contribution in [1.82, 2.24) is 4.57 Å². The van der Waals surface area contributed by atoms with Crippen LogP contribution in [-0.2, 0) is 11.0 Å². The fourth-order valence-corrected chi connectivity index (χ4v) is 4.22. The molecule has 0 atom stereocenters. The van der Waals surface area contributed by atoms with E-state index in [1.54, 1.807) is 0 Å². The summed E-state index contributed by atoms with van der Waals surface area (Å²) >= 11 is 3.52. The molecular weight excluding hydrogens is 408 g/mol. The molecule has 0 fully saturated rings. The monoisotopic (exact) mass is 438 g/mol. The van der Waals surface area contributed by atoms with Crippen LogP contribution >= 0.6 is 15.9 Å². The molecule has 1 aromatic carbocycles. The molecule has 2 rings (SSSR count). The summed E-state index contributed by atoms with van der Waals surface area (Å²) in [6.07, 6.45) is 1.87. The summed E-state index contributed by atoms with van der Waals surface area (Å²) in [4.78, 5) is 11.8. The Balaban J connectivity index is 2.29. The van der Waals surface area contributed by atoms with Crippen LogP contribution in [0, 0.1) is 5.41 Å². The molecule has 0 bridgehead atoms. The van der Waals surface area contributed by atoms with Crippen molar-refractivity contribution in [2.24, 2.45) is 11.1 Å². The second-order valence-corrected chi connectivity index (χ2v) is 15.1. The number of nitrogens with zero attached hydrogens (tertiary/aromatic N) is 1. The summed E-state index contributed by atoms with van der Waals surface area (Å²) in [7, 11) is -1.80. The first-order valence-corrected chi connectivity index (χ1v) is 12.7. The van der Waals surface area contributed by atoms with Gasteiger partial charge in [0.25, 0.3) is 5.91 Å². The first-order valence-electron chi connectivity index (χ1n) is 8.96. The SMILES string of the molecule is CC(C)(CO[Si](C)(C)C(C)(C)C)Cn1cc(C(N)=O)c2ccc(Br)cc21. The van der Waals surface area contributed by atoms with Crippen LogP contribution in [0.4, 0.5) is 0 Å². The molecule has 144 valence electrons. The molecule has 0 aliphatic heterocycles. The Kier molecular flexibility index (Phi) is 5.81. The third-order valence-corrected chi connectivity index (χ3v) is 10.3. The first-order chi connectivity index (χ1) is 11.7. The average molecular weight is 439 g/mol. The number of primary amides is 1. The third kappa shape index (κ3) is 4.59. The van der Waals surface area contributed by atoms with Gasteiger partial charge in [-0.25, -0.2) is 0 Å². The topological polar surface area (TPSA) is 57.2 Å². The van der Waals surface area contributed by atoms with Gasteiger partial charge in [-0.2, -0.15) is 0 Å². The molecule has 0 radical (unpaired) electrons. The second kappa shape index (κ2) is 7.13. The number of rotatable bonds is 6. The highest BCUT2D eigenvalue weighted by Gasteiger charge is 2.38. The lowest BCUT2D eigenvalue weighted by molar-refractivity contribution is 0.100. The van der Waals surface area contributed by atoms with Crippen molar-refractivity contribution in [3.63, 3.8) is 0 Å². The van der Waals surface area contributed by atoms with Crippen LogP contribution < -0.4 is 5.73 Å². The van der Waals surface area contributed by atoms with Crippen LogP contribution in [0.3, 0.4) is 0 Å². The van der Waals surface area contributed by atoms with Crippen LogP contribution in [0.25, 0.3) is 10.9 Å². The Morgan fingerprint density at radius 3 is 2.38 bits per heavy atom. The van der Waals surface area contributed by atoms with Gasteiger partial charge in [-0.05, 0) is 30.3 Å². The quantitative estimate of drug-likeness (QED) is 0.600. The van der Waals surface area contributed by atoms with E-state index in [2.05, 4.69) is 68.2 Å². The van der Waals surface area contributed by atoms with Gasteiger partial charge in [-0.15, -0.1) is 0 Å². The van der Waals surface area contributed by atoms with E-state index in [4.69, 9.17) is 10.2 Å². The van der Waals surface area contributed by atoms with Gasteiger partial charge in [-0.3, -0.25) is 4.79 Å². The van der Waals surface area contributed by atoms with E-state index in [1.807, 2.05) is 24.4 Å². The lowest BCUT2D eigenvalue weighted by atomic mass is 9.95. The van der Waals surface area contributed by atoms with Crippen LogP contribution in [0.5, 0.6) is 0 Å². The van der Waals surface area contributed by atoms with Crippen LogP contribution in [0.15, 0.2) is 28.9 Å². The number of carbonyl (C=O) groups is 1. The molecular formula is C20H31BrN2O2Si. The maximum atomic E-state index is 11.8. The zero-order valence-electron chi connectivity index (χ0n) is 16.9. The Hall–Kier alpha value is -1.11.